The van der Waals surface area contributed by atoms with Crippen LogP contribution in [0, 0.1) is 0 Å². The number of primary amides is 1. The molecule has 0 saturated heterocycles. The summed E-state index contributed by atoms with van der Waals surface area (Å²) in [5, 5.41) is 0. The van der Waals surface area contributed by atoms with Gasteiger partial charge in [-0.3, -0.25) is 9.59 Å². The van der Waals surface area contributed by atoms with E-state index in [1.165, 1.54) is 18.3 Å². The largest absolute Gasteiger partial charge is 0.484 e. The number of furan rings is 1. The first-order valence-corrected chi connectivity index (χ1v) is 8.77. The number of carbonyl (C=O) groups is 3. The fourth-order valence-corrected chi connectivity index (χ4v) is 2.96. The molecule has 2 N–H and O–H groups in total. The van der Waals surface area contributed by atoms with Crippen LogP contribution in [0.15, 0.2) is 63.9 Å². The van der Waals surface area contributed by atoms with Gasteiger partial charge in [0.1, 0.15) is 11.5 Å². The molecule has 2 amide bonds. The van der Waals surface area contributed by atoms with Crippen molar-refractivity contribution in [2.45, 2.75) is 13.5 Å². The van der Waals surface area contributed by atoms with E-state index < -0.39 is 11.9 Å². The monoisotopic (exact) mass is 396 g/mol. The molecule has 29 heavy (non-hydrogen) atoms. The summed E-state index contributed by atoms with van der Waals surface area (Å²) in [6.45, 7) is 1.67. The fraction of sp³-hybridized carbons (Fsp3) is 0.190. The molecule has 0 fully saturated rings. The molecule has 2 heterocycles. The zero-order valence-corrected chi connectivity index (χ0v) is 16.0. The van der Waals surface area contributed by atoms with Crippen LogP contribution < -0.4 is 10.5 Å². The first-order chi connectivity index (χ1) is 13.9. The van der Waals surface area contributed by atoms with Gasteiger partial charge < -0.3 is 24.5 Å². The van der Waals surface area contributed by atoms with Crippen LogP contribution in [0.25, 0.3) is 6.08 Å². The standard InChI is InChI=1S/C21H20N2O6/c1-13-19(21(26)27-2)17(20(25)23(13)11-16-4-3-9-28-16)10-14-5-7-15(8-6-14)29-12-18(22)24/h3-10H,11-12H2,1-2H3,(H2,22,24)/b17-10-. The topological polar surface area (TPSA) is 112 Å². The summed E-state index contributed by atoms with van der Waals surface area (Å²) in [6, 6.07) is 10.2. The number of allylic oxidation sites excluding steroid dienone is 1. The van der Waals surface area contributed by atoms with Gasteiger partial charge in [-0.2, -0.15) is 0 Å². The highest BCUT2D eigenvalue weighted by Gasteiger charge is 2.37. The summed E-state index contributed by atoms with van der Waals surface area (Å²) in [5.74, 6) is -0.436. The second kappa shape index (κ2) is 8.47. The van der Waals surface area contributed by atoms with Crippen molar-refractivity contribution in [3.8, 4) is 5.75 Å². The number of esters is 1. The molecule has 8 heteroatoms. The number of methoxy groups -OCH3 is 1. The molecule has 0 saturated carbocycles. The van der Waals surface area contributed by atoms with E-state index in [9.17, 15) is 14.4 Å². The summed E-state index contributed by atoms with van der Waals surface area (Å²) < 4.78 is 15.4. The molecule has 8 nitrogen and oxygen atoms in total. The number of nitrogens with zero attached hydrogens (tertiary/aromatic N) is 1. The molecule has 0 spiro atoms. The molecule has 3 rings (SSSR count). The Kier molecular flexibility index (Phi) is 5.82. The maximum Gasteiger partial charge on any atom is 0.340 e. The lowest BCUT2D eigenvalue weighted by Crippen LogP contribution is -2.24. The van der Waals surface area contributed by atoms with Crippen molar-refractivity contribution < 1.29 is 28.3 Å². The number of ether oxygens (including phenoxy) is 2. The van der Waals surface area contributed by atoms with Gasteiger partial charge in [0.15, 0.2) is 6.61 Å². The van der Waals surface area contributed by atoms with Gasteiger partial charge in [-0.15, -0.1) is 0 Å². The van der Waals surface area contributed by atoms with Gasteiger partial charge in [0, 0.05) is 5.70 Å². The number of hydrogen-bond acceptors (Lipinski definition) is 6. The van der Waals surface area contributed by atoms with Crippen LogP contribution in [0.3, 0.4) is 0 Å². The Labute approximate surface area is 167 Å². The highest BCUT2D eigenvalue weighted by Crippen LogP contribution is 2.33. The molecule has 0 unspecified atom stereocenters. The minimum absolute atomic E-state index is 0.204. The van der Waals surface area contributed by atoms with Gasteiger partial charge in [0.25, 0.3) is 11.8 Å². The third kappa shape index (κ3) is 4.37. The van der Waals surface area contributed by atoms with Crippen molar-refractivity contribution >= 4 is 23.9 Å². The number of rotatable bonds is 7. The number of amides is 2. The van der Waals surface area contributed by atoms with Crippen molar-refractivity contribution in [2.24, 2.45) is 5.73 Å². The van der Waals surface area contributed by atoms with Crippen molar-refractivity contribution in [3.63, 3.8) is 0 Å². The summed E-state index contributed by atoms with van der Waals surface area (Å²) in [5.41, 5.74) is 6.66. The molecular weight excluding hydrogens is 376 g/mol. The van der Waals surface area contributed by atoms with Crippen LogP contribution in [0.4, 0.5) is 0 Å². The predicted octanol–water partition coefficient (Wildman–Crippen LogP) is 2.02. The lowest BCUT2D eigenvalue weighted by molar-refractivity contribution is -0.136. The second-order valence-electron chi connectivity index (χ2n) is 6.30. The molecule has 1 aliphatic rings. The van der Waals surface area contributed by atoms with Gasteiger partial charge in [0.2, 0.25) is 0 Å². The van der Waals surface area contributed by atoms with Gasteiger partial charge >= 0.3 is 5.97 Å². The van der Waals surface area contributed by atoms with Crippen molar-refractivity contribution in [2.75, 3.05) is 13.7 Å². The highest BCUT2D eigenvalue weighted by atomic mass is 16.5. The first kappa shape index (κ1) is 19.9. The van der Waals surface area contributed by atoms with E-state index in [0.717, 1.165) is 0 Å². The minimum Gasteiger partial charge on any atom is -0.484 e. The van der Waals surface area contributed by atoms with Gasteiger partial charge in [-0.25, -0.2) is 4.79 Å². The normalized spacial score (nSPS) is 15.2. The lowest BCUT2D eigenvalue weighted by atomic mass is 10.0. The molecule has 0 bridgehead atoms. The maximum absolute atomic E-state index is 13.0. The van der Waals surface area contributed by atoms with E-state index in [1.807, 2.05) is 0 Å². The van der Waals surface area contributed by atoms with Gasteiger partial charge in [-0.1, -0.05) is 12.1 Å². The summed E-state index contributed by atoms with van der Waals surface area (Å²) in [6.07, 6.45) is 3.13. The molecule has 0 radical (unpaired) electrons. The minimum atomic E-state index is -0.592. The third-order valence-electron chi connectivity index (χ3n) is 4.37. The van der Waals surface area contributed by atoms with E-state index in [0.29, 0.717) is 22.8 Å². The zero-order valence-electron chi connectivity index (χ0n) is 16.0. The molecular formula is C21H20N2O6. The Balaban J connectivity index is 1.90. The van der Waals surface area contributed by atoms with Crippen LogP contribution in [-0.2, 0) is 25.7 Å². The van der Waals surface area contributed by atoms with Gasteiger partial charge in [-0.05, 0) is 42.8 Å². The Morgan fingerprint density at radius 3 is 2.52 bits per heavy atom. The van der Waals surface area contributed by atoms with Crippen LogP contribution in [0.5, 0.6) is 5.75 Å². The van der Waals surface area contributed by atoms with E-state index in [4.69, 9.17) is 19.6 Å². The van der Waals surface area contributed by atoms with Crippen LogP contribution in [0.2, 0.25) is 0 Å². The number of nitrogens with two attached hydrogens (primary N) is 1. The van der Waals surface area contributed by atoms with E-state index in [2.05, 4.69) is 0 Å². The molecule has 0 atom stereocenters. The predicted molar refractivity (Wildman–Crippen MR) is 103 cm³/mol. The zero-order chi connectivity index (χ0) is 21.0. The molecule has 150 valence electrons. The van der Waals surface area contributed by atoms with E-state index in [1.54, 1.807) is 49.4 Å². The Morgan fingerprint density at radius 1 is 1.21 bits per heavy atom. The van der Waals surface area contributed by atoms with E-state index >= 15 is 0 Å². The maximum atomic E-state index is 13.0. The number of carbonyl (C=O) groups excluding carboxylic acids is 3. The van der Waals surface area contributed by atoms with Crippen molar-refractivity contribution in [1.29, 1.82) is 0 Å². The molecule has 1 aliphatic heterocycles. The second-order valence-corrected chi connectivity index (χ2v) is 6.30. The molecule has 1 aromatic heterocycles. The smallest absolute Gasteiger partial charge is 0.340 e. The van der Waals surface area contributed by atoms with Gasteiger partial charge in [0.05, 0.1) is 31.1 Å². The number of hydrogen-bond donors (Lipinski definition) is 1. The Bertz CT molecular complexity index is 987. The van der Waals surface area contributed by atoms with Crippen LogP contribution in [0.1, 0.15) is 18.2 Å². The van der Waals surface area contributed by atoms with Crippen LogP contribution in [-0.4, -0.2) is 36.4 Å². The Hall–Kier alpha value is -3.81. The average Bonchev–Trinajstić information content (AvgIpc) is 3.30. The summed E-state index contributed by atoms with van der Waals surface area (Å²) in [7, 11) is 1.27. The summed E-state index contributed by atoms with van der Waals surface area (Å²) >= 11 is 0. The van der Waals surface area contributed by atoms with E-state index in [-0.39, 0.29) is 30.2 Å². The molecule has 1 aromatic carbocycles. The van der Waals surface area contributed by atoms with Crippen molar-refractivity contribution in [3.05, 3.63) is 70.8 Å². The molecule has 0 aliphatic carbocycles. The van der Waals surface area contributed by atoms with Crippen molar-refractivity contribution in [1.82, 2.24) is 4.90 Å². The lowest BCUT2D eigenvalue weighted by Gasteiger charge is -2.16. The number of benzene rings is 1. The average molecular weight is 396 g/mol. The first-order valence-electron chi connectivity index (χ1n) is 8.77. The Morgan fingerprint density at radius 2 is 1.93 bits per heavy atom. The quantitative estimate of drug-likeness (QED) is 0.566. The molecule has 2 aromatic rings. The van der Waals surface area contributed by atoms with Crippen LogP contribution >= 0.6 is 0 Å². The SMILES string of the molecule is COC(=O)C1=C(C)N(Cc2ccco2)C(=O)/C1=C\c1ccc(OCC(N)=O)cc1. The summed E-state index contributed by atoms with van der Waals surface area (Å²) in [4.78, 5) is 37.6. The highest BCUT2D eigenvalue weighted by molar-refractivity contribution is 6.16. The fourth-order valence-electron chi connectivity index (χ4n) is 2.96. The third-order valence-corrected chi connectivity index (χ3v) is 4.37.